The number of carboxylic acid groups (broad SMARTS) is 1. The number of rotatable bonds is 3. The molecule has 0 aliphatic carbocycles. The molecule has 0 bridgehead atoms. The van der Waals surface area contributed by atoms with Gasteiger partial charge in [-0.2, -0.15) is 0 Å². The van der Waals surface area contributed by atoms with Gasteiger partial charge in [0, 0.05) is 14.1 Å². The monoisotopic (exact) mass is 280 g/mol. The summed E-state index contributed by atoms with van der Waals surface area (Å²) < 4.78 is 5.17. The highest BCUT2D eigenvalue weighted by Gasteiger charge is 2.18. The highest BCUT2D eigenvalue weighted by Crippen LogP contribution is 2.26. The van der Waals surface area contributed by atoms with Crippen LogP contribution in [0.15, 0.2) is 18.2 Å². The molecule has 0 saturated heterocycles. The smallest absolute Gasteiger partial charge is 0.412 e. The van der Waals surface area contributed by atoms with Crippen molar-refractivity contribution in [2.75, 3.05) is 24.3 Å². The lowest BCUT2D eigenvalue weighted by molar-refractivity contribution is 0.0634. The van der Waals surface area contributed by atoms with Gasteiger partial charge in [-0.15, -0.1) is 0 Å². The molecule has 0 fully saturated rings. The number of amides is 1. The Morgan fingerprint density at radius 2 is 1.85 bits per heavy atom. The summed E-state index contributed by atoms with van der Waals surface area (Å²) >= 11 is 0. The number of ether oxygens (including phenoxy) is 1. The number of carbonyl (C=O) groups is 2. The van der Waals surface area contributed by atoms with Crippen LogP contribution in [0.3, 0.4) is 0 Å². The third-order valence-electron chi connectivity index (χ3n) is 2.36. The van der Waals surface area contributed by atoms with Crippen LogP contribution in [0.2, 0.25) is 0 Å². The number of hydrogen-bond donors (Lipinski definition) is 2. The Balaban J connectivity index is 3.00. The van der Waals surface area contributed by atoms with Gasteiger partial charge in [-0.05, 0) is 39.0 Å². The van der Waals surface area contributed by atoms with Crippen molar-refractivity contribution in [2.45, 2.75) is 26.4 Å². The van der Waals surface area contributed by atoms with Crippen LogP contribution >= 0.6 is 0 Å². The Morgan fingerprint density at radius 1 is 1.25 bits per heavy atom. The lowest BCUT2D eigenvalue weighted by Crippen LogP contribution is -2.27. The maximum Gasteiger partial charge on any atom is 0.412 e. The van der Waals surface area contributed by atoms with Gasteiger partial charge in [-0.25, -0.2) is 9.59 Å². The SMILES string of the molecule is CN(C)c1cc(C(=O)O)ccc1NC(=O)OC(C)(C)C. The van der Waals surface area contributed by atoms with E-state index >= 15 is 0 Å². The molecule has 0 atom stereocenters. The molecule has 0 radical (unpaired) electrons. The van der Waals surface area contributed by atoms with E-state index in [1.165, 1.54) is 12.1 Å². The first kappa shape index (κ1) is 15.8. The molecule has 1 aromatic carbocycles. The van der Waals surface area contributed by atoms with E-state index in [9.17, 15) is 9.59 Å². The van der Waals surface area contributed by atoms with Gasteiger partial charge in [-0.3, -0.25) is 5.32 Å². The summed E-state index contributed by atoms with van der Waals surface area (Å²) in [6.45, 7) is 5.31. The molecule has 0 aliphatic heterocycles. The highest BCUT2D eigenvalue weighted by molar-refractivity contribution is 5.94. The maximum atomic E-state index is 11.8. The van der Waals surface area contributed by atoms with E-state index in [0.717, 1.165) is 0 Å². The van der Waals surface area contributed by atoms with Crippen LogP contribution in [0.5, 0.6) is 0 Å². The van der Waals surface area contributed by atoms with Crippen molar-refractivity contribution < 1.29 is 19.4 Å². The second kappa shape index (κ2) is 5.81. The Labute approximate surface area is 118 Å². The van der Waals surface area contributed by atoms with Crippen LogP contribution < -0.4 is 10.2 Å². The summed E-state index contributed by atoms with van der Waals surface area (Å²) in [5.41, 5.74) is 0.650. The molecule has 0 heterocycles. The summed E-state index contributed by atoms with van der Waals surface area (Å²) in [6.07, 6.45) is -0.580. The fourth-order valence-corrected chi connectivity index (χ4v) is 1.55. The van der Waals surface area contributed by atoms with Gasteiger partial charge in [0.2, 0.25) is 0 Å². The lowest BCUT2D eigenvalue weighted by atomic mass is 10.1. The van der Waals surface area contributed by atoms with E-state index in [-0.39, 0.29) is 5.56 Å². The first-order valence-electron chi connectivity index (χ1n) is 6.15. The standard InChI is InChI=1S/C14H20N2O4/c1-14(2,3)20-13(19)15-10-7-6-9(12(17)18)8-11(10)16(4)5/h6-8H,1-5H3,(H,15,19)(H,17,18). The molecule has 0 aliphatic rings. The molecule has 110 valence electrons. The minimum atomic E-state index is -1.02. The Hall–Kier alpha value is -2.24. The Morgan fingerprint density at radius 3 is 2.30 bits per heavy atom. The second-order valence-corrected chi connectivity index (χ2v) is 5.56. The zero-order valence-corrected chi connectivity index (χ0v) is 12.4. The first-order chi connectivity index (χ1) is 9.10. The van der Waals surface area contributed by atoms with E-state index < -0.39 is 17.7 Å². The molecule has 1 rings (SSSR count). The van der Waals surface area contributed by atoms with Gasteiger partial charge < -0.3 is 14.7 Å². The molecule has 0 unspecified atom stereocenters. The van der Waals surface area contributed by atoms with Crippen LogP contribution in [-0.4, -0.2) is 36.9 Å². The molecule has 1 amide bonds. The molecular weight excluding hydrogens is 260 g/mol. The van der Waals surface area contributed by atoms with E-state index in [4.69, 9.17) is 9.84 Å². The molecule has 0 saturated carbocycles. The average Bonchev–Trinajstić information content (AvgIpc) is 2.25. The van der Waals surface area contributed by atoms with E-state index in [1.54, 1.807) is 45.8 Å². The van der Waals surface area contributed by atoms with E-state index in [1.807, 2.05) is 0 Å². The van der Waals surface area contributed by atoms with Crippen molar-refractivity contribution in [1.82, 2.24) is 0 Å². The summed E-state index contributed by atoms with van der Waals surface area (Å²) in [4.78, 5) is 24.4. The molecule has 0 spiro atoms. The molecule has 6 nitrogen and oxygen atoms in total. The number of benzene rings is 1. The fraction of sp³-hybridized carbons (Fsp3) is 0.429. The topological polar surface area (TPSA) is 78.9 Å². The molecule has 6 heteroatoms. The Kier molecular flexibility index (Phi) is 4.60. The van der Waals surface area contributed by atoms with E-state index in [2.05, 4.69) is 5.32 Å². The maximum absolute atomic E-state index is 11.8. The van der Waals surface area contributed by atoms with Gasteiger partial charge in [0.15, 0.2) is 0 Å². The third kappa shape index (κ3) is 4.46. The second-order valence-electron chi connectivity index (χ2n) is 5.56. The van der Waals surface area contributed by atoms with Crippen molar-refractivity contribution in [1.29, 1.82) is 0 Å². The first-order valence-corrected chi connectivity index (χ1v) is 6.15. The van der Waals surface area contributed by atoms with Crippen LogP contribution in [0.25, 0.3) is 0 Å². The Bertz CT molecular complexity index is 518. The molecule has 0 aromatic heterocycles. The quantitative estimate of drug-likeness (QED) is 0.890. The predicted molar refractivity (Wildman–Crippen MR) is 77.6 cm³/mol. The zero-order valence-electron chi connectivity index (χ0n) is 12.4. The molecule has 2 N–H and O–H groups in total. The highest BCUT2D eigenvalue weighted by atomic mass is 16.6. The van der Waals surface area contributed by atoms with Crippen molar-refractivity contribution in [3.8, 4) is 0 Å². The summed E-state index contributed by atoms with van der Waals surface area (Å²) in [5, 5.41) is 11.6. The normalized spacial score (nSPS) is 10.8. The fourth-order valence-electron chi connectivity index (χ4n) is 1.55. The van der Waals surface area contributed by atoms with Gasteiger partial charge in [0.25, 0.3) is 0 Å². The molecular formula is C14H20N2O4. The van der Waals surface area contributed by atoms with Crippen LogP contribution in [0.4, 0.5) is 16.2 Å². The van der Waals surface area contributed by atoms with E-state index in [0.29, 0.717) is 11.4 Å². The van der Waals surface area contributed by atoms with Gasteiger partial charge in [0.05, 0.1) is 16.9 Å². The van der Waals surface area contributed by atoms with Crippen molar-refractivity contribution in [2.24, 2.45) is 0 Å². The van der Waals surface area contributed by atoms with Crippen molar-refractivity contribution in [3.05, 3.63) is 23.8 Å². The van der Waals surface area contributed by atoms with Crippen LogP contribution in [-0.2, 0) is 4.74 Å². The minimum Gasteiger partial charge on any atom is -0.478 e. The number of anilines is 2. The number of carboxylic acids is 1. The predicted octanol–water partition coefficient (Wildman–Crippen LogP) is 2.80. The third-order valence-corrected chi connectivity index (χ3v) is 2.36. The van der Waals surface area contributed by atoms with Gasteiger partial charge in [0.1, 0.15) is 5.60 Å². The number of nitrogens with zero attached hydrogens (tertiary/aromatic N) is 1. The zero-order chi connectivity index (χ0) is 15.5. The number of nitrogens with one attached hydrogen (secondary N) is 1. The minimum absolute atomic E-state index is 0.156. The number of aromatic carboxylic acids is 1. The van der Waals surface area contributed by atoms with Crippen molar-refractivity contribution in [3.63, 3.8) is 0 Å². The summed E-state index contributed by atoms with van der Waals surface area (Å²) in [7, 11) is 3.53. The number of carbonyl (C=O) groups excluding carboxylic acids is 1. The average molecular weight is 280 g/mol. The lowest BCUT2D eigenvalue weighted by Gasteiger charge is -2.22. The van der Waals surface area contributed by atoms with Gasteiger partial charge in [-0.1, -0.05) is 0 Å². The summed E-state index contributed by atoms with van der Waals surface area (Å²) in [6, 6.07) is 4.47. The summed E-state index contributed by atoms with van der Waals surface area (Å²) in [5.74, 6) is -1.02. The van der Waals surface area contributed by atoms with Crippen LogP contribution in [0.1, 0.15) is 31.1 Å². The molecule has 1 aromatic rings. The molecule has 20 heavy (non-hydrogen) atoms. The largest absolute Gasteiger partial charge is 0.478 e. The van der Waals surface area contributed by atoms with Crippen molar-refractivity contribution >= 4 is 23.4 Å². The number of hydrogen-bond acceptors (Lipinski definition) is 4. The van der Waals surface area contributed by atoms with Crippen LogP contribution in [0, 0.1) is 0 Å². The van der Waals surface area contributed by atoms with Gasteiger partial charge >= 0.3 is 12.1 Å².